The van der Waals surface area contributed by atoms with Gasteiger partial charge in [0.15, 0.2) is 0 Å². The normalized spacial score (nSPS) is 28.8. The molecule has 0 heterocycles. The summed E-state index contributed by atoms with van der Waals surface area (Å²) in [5.74, 6) is 1.21. The van der Waals surface area contributed by atoms with Gasteiger partial charge < -0.3 is 10.0 Å². The van der Waals surface area contributed by atoms with Gasteiger partial charge in [-0.3, -0.25) is 4.79 Å². The summed E-state index contributed by atoms with van der Waals surface area (Å²) >= 11 is 0. The number of aliphatic hydroxyl groups excluding tert-OH is 1. The van der Waals surface area contributed by atoms with Crippen molar-refractivity contribution in [2.24, 2.45) is 5.92 Å². The Labute approximate surface area is 111 Å². The van der Waals surface area contributed by atoms with E-state index in [2.05, 4.69) is 0 Å². The molecule has 0 spiro atoms. The molecule has 2 fully saturated rings. The zero-order valence-electron chi connectivity index (χ0n) is 11.6. The highest BCUT2D eigenvalue weighted by atomic mass is 16.3. The Bertz CT molecular complexity index is 268. The van der Waals surface area contributed by atoms with Gasteiger partial charge in [-0.2, -0.15) is 0 Å². The summed E-state index contributed by atoms with van der Waals surface area (Å²) < 4.78 is 0. The maximum Gasteiger partial charge on any atom is 0.222 e. The number of nitrogens with zero attached hydrogens (tertiary/aromatic N) is 1. The Kier molecular flexibility index (Phi) is 5.04. The van der Waals surface area contributed by atoms with E-state index in [1.165, 1.54) is 25.7 Å². The molecule has 0 aromatic carbocycles. The molecule has 104 valence electrons. The Morgan fingerprint density at radius 1 is 1.17 bits per heavy atom. The minimum atomic E-state index is -0.136. The maximum atomic E-state index is 12.1. The van der Waals surface area contributed by atoms with Gasteiger partial charge in [-0.1, -0.05) is 19.3 Å². The summed E-state index contributed by atoms with van der Waals surface area (Å²) in [5.41, 5.74) is 0. The van der Waals surface area contributed by atoms with E-state index in [1.54, 1.807) is 0 Å². The van der Waals surface area contributed by atoms with E-state index in [9.17, 15) is 9.90 Å². The van der Waals surface area contributed by atoms with Crippen LogP contribution in [0.1, 0.15) is 64.2 Å². The van der Waals surface area contributed by atoms with Crippen LogP contribution in [-0.4, -0.2) is 35.1 Å². The van der Waals surface area contributed by atoms with Gasteiger partial charge in [0.05, 0.1) is 6.10 Å². The predicted octanol–water partition coefficient (Wildman–Crippen LogP) is 2.72. The second-order valence-electron chi connectivity index (χ2n) is 6.16. The van der Waals surface area contributed by atoms with Crippen molar-refractivity contribution in [1.82, 2.24) is 4.90 Å². The number of carbonyl (C=O) groups excluding carboxylic acids is 1. The standard InChI is InChI=1S/C15H27NO2/c1-16(13-8-10-14(17)11-9-13)15(18)7-3-6-12-4-2-5-12/h12-14,17H,2-11H2,1H3. The lowest BCUT2D eigenvalue weighted by Gasteiger charge is -2.33. The van der Waals surface area contributed by atoms with E-state index < -0.39 is 0 Å². The topological polar surface area (TPSA) is 40.5 Å². The SMILES string of the molecule is CN(C(=O)CCCC1CCC1)C1CCC(O)CC1. The van der Waals surface area contributed by atoms with Crippen molar-refractivity contribution >= 4 is 5.91 Å². The molecule has 18 heavy (non-hydrogen) atoms. The quantitative estimate of drug-likeness (QED) is 0.818. The maximum absolute atomic E-state index is 12.1. The van der Waals surface area contributed by atoms with Gasteiger partial charge in [0.1, 0.15) is 0 Å². The first-order valence-corrected chi connectivity index (χ1v) is 7.60. The number of hydrogen-bond acceptors (Lipinski definition) is 2. The van der Waals surface area contributed by atoms with Crippen LogP contribution in [0.4, 0.5) is 0 Å². The summed E-state index contributed by atoms with van der Waals surface area (Å²) in [6.45, 7) is 0. The van der Waals surface area contributed by atoms with Gasteiger partial charge in [0.25, 0.3) is 0 Å². The van der Waals surface area contributed by atoms with Crippen molar-refractivity contribution in [2.45, 2.75) is 76.4 Å². The first kappa shape index (κ1) is 13.9. The molecule has 3 heteroatoms. The lowest BCUT2D eigenvalue weighted by atomic mass is 9.82. The van der Waals surface area contributed by atoms with Crippen molar-refractivity contribution in [2.75, 3.05) is 7.05 Å². The fourth-order valence-electron chi connectivity index (χ4n) is 3.15. The molecule has 2 saturated carbocycles. The van der Waals surface area contributed by atoms with Crippen LogP contribution in [0.3, 0.4) is 0 Å². The molecule has 1 N–H and O–H groups in total. The summed E-state index contributed by atoms with van der Waals surface area (Å²) in [7, 11) is 1.94. The number of aliphatic hydroxyl groups is 1. The van der Waals surface area contributed by atoms with Crippen LogP contribution >= 0.6 is 0 Å². The highest BCUT2D eigenvalue weighted by Crippen LogP contribution is 2.31. The molecule has 0 atom stereocenters. The third kappa shape index (κ3) is 3.71. The van der Waals surface area contributed by atoms with Crippen LogP contribution in [0.2, 0.25) is 0 Å². The van der Waals surface area contributed by atoms with Crippen LogP contribution in [0.15, 0.2) is 0 Å². The molecular formula is C15H27NO2. The summed E-state index contributed by atoms with van der Waals surface area (Å²) in [6, 6.07) is 0.365. The van der Waals surface area contributed by atoms with E-state index in [-0.39, 0.29) is 6.10 Å². The molecule has 2 aliphatic carbocycles. The fraction of sp³-hybridized carbons (Fsp3) is 0.933. The highest BCUT2D eigenvalue weighted by Gasteiger charge is 2.25. The van der Waals surface area contributed by atoms with Crippen molar-refractivity contribution < 1.29 is 9.90 Å². The van der Waals surface area contributed by atoms with E-state index in [0.717, 1.165) is 38.0 Å². The Hall–Kier alpha value is -0.570. The average molecular weight is 253 g/mol. The van der Waals surface area contributed by atoms with Crippen molar-refractivity contribution in [3.8, 4) is 0 Å². The molecule has 1 amide bonds. The second kappa shape index (κ2) is 6.55. The summed E-state index contributed by atoms with van der Waals surface area (Å²) in [5, 5.41) is 9.48. The molecule has 2 aliphatic rings. The van der Waals surface area contributed by atoms with Gasteiger partial charge in [-0.25, -0.2) is 0 Å². The van der Waals surface area contributed by atoms with Crippen LogP contribution in [0, 0.1) is 5.92 Å². The van der Waals surface area contributed by atoms with E-state index >= 15 is 0 Å². The lowest BCUT2D eigenvalue weighted by Crippen LogP contribution is -2.40. The van der Waals surface area contributed by atoms with Crippen molar-refractivity contribution in [3.05, 3.63) is 0 Å². The lowest BCUT2D eigenvalue weighted by molar-refractivity contribution is -0.133. The number of amides is 1. The number of rotatable bonds is 5. The van der Waals surface area contributed by atoms with Crippen LogP contribution in [0.5, 0.6) is 0 Å². The highest BCUT2D eigenvalue weighted by molar-refractivity contribution is 5.76. The Balaban J connectivity index is 1.64. The first-order chi connectivity index (χ1) is 8.66. The van der Waals surface area contributed by atoms with Gasteiger partial charge in [0.2, 0.25) is 5.91 Å². The molecule has 0 unspecified atom stereocenters. The Morgan fingerprint density at radius 2 is 1.83 bits per heavy atom. The first-order valence-electron chi connectivity index (χ1n) is 7.60. The van der Waals surface area contributed by atoms with Crippen LogP contribution in [-0.2, 0) is 4.79 Å². The molecule has 0 bridgehead atoms. The van der Waals surface area contributed by atoms with Gasteiger partial charge >= 0.3 is 0 Å². The average Bonchev–Trinajstić information content (AvgIpc) is 2.32. The zero-order chi connectivity index (χ0) is 13.0. The molecule has 0 aromatic rings. The van der Waals surface area contributed by atoms with Crippen molar-refractivity contribution in [3.63, 3.8) is 0 Å². The molecule has 0 radical (unpaired) electrons. The zero-order valence-corrected chi connectivity index (χ0v) is 11.6. The molecule has 2 rings (SSSR count). The van der Waals surface area contributed by atoms with Crippen LogP contribution in [0.25, 0.3) is 0 Å². The largest absolute Gasteiger partial charge is 0.393 e. The van der Waals surface area contributed by atoms with E-state index in [0.29, 0.717) is 18.4 Å². The molecule has 0 aliphatic heterocycles. The number of carbonyl (C=O) groups is 1. The third-order valence-corrected chi connectivity index (χ3v) is 4.84. The van der Waals surface area contributed by atoms with E-state index in [1.807, 2.05) is 11.9 Å². The minimum absolute atomic E-state index is 0.136. The minimum Gasteiger partial charge on any atom is -0.393 e. The third-order valence-electron chi connectivity index (χ3n) is 4.84. The monoisotopic (exact) mass is 253 g/mol. The van der Waals surface area contributed by atoms with Gasteiger partial charge in [0, 0.05) is 19.5 Å². The summed E-state index contributed by atoms with van der Waals surface area (Å²) in [4.78, 5) is 14.0. The van der Waals surface area contributed by atoms with Crippen LogP contribution < -0.4 is 0 Å². The summed E-state index contributed by atoms with van der Waals surface area (Å²) in [6.07, 6.45) is 10.7. The Morgan fingerprint density at radius 3 is 2.39 bits per heavy atom. The van der Waals surface area contributed by atoms with Crippen molar-refractivity contribution in [1.29, 1.82) is 0 Å². The predicted molar refractivity (Wildman–Crippen MR) is 72.2 cm³/mol. The molecule has 0 saturated heterocycles. The molecular weight excluding hydrogens is 226 g/mol. The van der Waals surface area contributed by atoms with Gasteiger partial charge in [-0.05, 0) is 44.4 Å². The molecule has 3 nitrogen and oxygen atoms in total. The molecule has 0 aromatic heterocycles. The van der Waals surface area contributed by atoms with Gasteiger partial charge in [-0.15, -0.1) is 0 Å². The number of hydrogen-bond donors (Lipinski definition) is 1. The second-order valence-corrected chi connectivity index (χ2v) is 6.16. The smallest absolute Gasteiger partial charge is 0.222 e. The van der Waals surface area contributed by atoms with E-state index in [4.69, 9.17) is 0 Å². The fourth-order valence-corrected chi connectivity index (χ4v) is 3.15.